The number of nitrogens with zero attached hydrogens (tertiary/aromatic N) is 4. The number of benzene rings is 1. The van der Waals surface area contributed by atoms with Crippen LogP contribution in [-0.2, 0) is 10.9 Å². The number of amidine groups is 1. The van der Waals surface area contributed by atoms with Gasteiger partial charge in [-0.1, -0.05) is 12.6 Å². The van der Waals surface area contributed by atoms with Gasteiger partial charge in [-0.25, -0.2) is 0 Å². The molecule has 9 nitrogen and oxygen atoms in total. The number of hydrogen-bond acceptors (Lipinski definition) is 7. The number of allylic oxidation sites excluding steroid dienone is 1. The average molecular weight is 598 g/mol. The van der Waals surface area contributed by atoms with Crippen LogP contribution >= 0.6 is 0 Å². The second-order valence-electron chi connectivity index (χ2n) is 11.2. The zero-order valence-corrected chi connectivity index (χ0v) is 24.8. The lowest BCUT2D eigenvalue weighted by molar-refractivity contribution is -0.137. The van der Waals surface area contributed by atoms with Crippen LogP contribution in [0.15, 0.2) is 54.0 Å². The van der Waals surface area contributed by atoms with Gasteiger partial charge in [0.2, 0.25) is 0 Å². The third-order valence-corrected chi connectivity index (χ3v) is 8.36. The van der Waals surface area contributed by atoms with Crippen molar-refractivity contribution in [2.75, 3.05) is 63.3 Å². The maximum absolute atomic E-state index is 14.6. The molecule has 0 spiro atoms. The van der Waals surface area contributed by atoms with Gasteiger partial charge in [0.05, 0.1) is 16.9 Å². The van der Waals surface area contributed by atoms with Crippen molar-refractivity contribution < 1.29 is 22.7 Å². The van der Waals surface area contributed by atoms with Gasteiger partial charge in [-0.05, 0) is 43.5 Å². The summed E-state index contributed by atoms with van der Waals surface area (Å²) in [7, 11) is 3.30. The summed E-state index contributed by atoms with van der Waals surface area (Å²) in [6.45, 7) is 9.46. The number of anilines is 2. The SMILES string of the molecule is C=C(C)N1CCC(NC2CCOCC2)=C(C(=N)N2CCN(C)c3cc(-c4ccc(C(=O)NC)nc4)c(C(F)(F)F)cc32)C1. The van der Waals surface area contributed by atoms with Gasteiger partial charge in [-0.15, -0.1) is 0 Å². The summed E-state index contributed by atoms with van der Waals surface area (Å²) in [5.74, 6) is -0.234. The van der Waals surface area contributed by atoms with E-state index in [0.29, 0.717) is 50.6 Å². The maximum atomic E-state index is 14.6. The molecule has 4 heterocycles. The molecule has 3 N–H and O–H groups in total. The Kier molecular flexibility index (Phi) is 8.68. The van der Waals surface area contributed by atoms with Crippen LogP contribution in [0.1, 0.15) is 42.2 Å². The molecule has 0 unspecified atom stereocenters. The number of amides is 1. The molecular formula is C31H38F3N7O2. The van der Waals surface area contributed by atoms with Gasteiger partial charge < -0.3 is 30.1 Å². The standard InChI is InChI=1S/C31H38F3N7O2/c1-19(2)40-10-7-25(38-21-8-13-43-14-9-21)23(18-40)29(35)41-12-11-39(4)27-15-22(24(16-28(27)41)31(32,33)34)20-5-6-26(37-17-20)30(42)36-3/h5-6,15-17,21,35,38H,1,7-14,18H2,2-4H3,(H,36,42). The highest BCUT2D eigenvalue weighted by molar-refractivity contribution is 6.11. The Balaban J connectivity index is 1.56. The zero-order valence-electron chi connectivity index (χ0n) is 24.8. The first-order valence-electron chi connectivity index (χ1n) is 14.5. The fourth-order valence-corrected chi connectivity index (χ4v) is 5.83. The molecule has 1 amide bonds. The lowest BCUT2D eigenvalue weighted by atomic mass is 9.95. The van der Waals surface area contributed by atoms with Crippen LogP contribution in [0.3, 0.4) is 0 Å². The van der Waals surface area contributed by atoms with Crippen molar-refractivity contribution in [3.8, 4) is 11.1 Å². The van der Waals surface area contributed by atoms with E-state index in [4.69, 9.17) is 4.74 Å². The summed E-state index contributed by atoms with van der Waals surface area (Å²) in [5.41, 5.74) is 3.03. The molecule has 1 fully saturated rings. The van der Waals surface area contributed by atoms with Gasteiger partial charge >= 0.3 is 6.18 Å². The third kappa shape index (κ3) is 6.34. The van der Waals surface area contributed by atoms with Crippen LogP contribution in [0.25, 0.3) is 11.1 Å². The van der Waals surface area contributed by atoms with Crippen molar-refractivity contribution in [3.05, 3.63) is 65.3 Å². The van der Waals surface area contributed by atoms with Crippen LogP contribution in [-0.4, -0.2) is 81.2 Å². The van der Waals surface area contributed by atoms with Crippen molar-refractivity contribution in [2.24, 2.45) is 0 Å². The lowest BCUT2D eigenvalue weighted by Crippen LogP contribution is -2.47. The van der Waals surface area contributed by atoms with Crippen molar-refractivity contribution in [1.82, 2.24) is 20.5 Å². The van der Waals surface area contributed by atoms with E-state index in [0.717, 1.165) is 42.4 Å². The van der Waals surface area contributed by atoms with Crippen LogP contribution in [0.2, 0.25) is 0 Å². The molecule has 0 bridgehead atoms. The molecule has 230 valence electrons. The second kappa shape index (κ2) is 12.3. The first kappa shape index (κ1) is 30.4. The number of fused-ring (bicyclic) bond motifs is 1. The maximum Gasteiger partial charge on any atom is 0.417 e. The van der Waals surface area contributed by atoms with E-state index >= 15 is 0 Å². The molecule has 3 aliphatic heterocycles. The Morgan fingerprint density at radius 2 is 1.88 bits per heavy atom. The highest BCUT2D eigenvalue weighted by atomic mass is 19.4. The Bertz CT molecular complexity index is 1430. The fraction of sp³-hybridized carbons (Fsp3) is 0.452. The van der Waals surface area contributed by atoms with E-state index in [1.807, 2.05) is 18.9 Å². The van der Waals surface area contributed by atoms with Gasteiger partial charge in [0, 0.05) is 94.7 Å². The number of alkyl halides is 3. The van der Waals surface area contributed by atoms with E-state index in [-0.39, 0.29) is 28.7 Å². The van der Waals surface area contributed by atoms with E-state index in [1.165, 1.54) is 31.4 Å². The molecule has 0 atom stereocenters. The second-order valence-corrected chi connectivity index (χ2v) is 11.2. The topological polar surface area (TPSA) is 96.8 Å². The third-order valence-electron chi connectivity index (χ3n) is 8.36. The van der Waals surface area contributed by atoms with Crippen LogP contribution in [0.4, 0.5) is 24.5 Å². The quantitative estimate of drug-likeness (QED) is 0.330. The normalized spacial score (nSPS) is 18.0. The number of carbonyl (C=O) groups is 1. The summed E-state index contributed by atoms with van der Waals surface area (Å²) in [6.07, 6.45) is -0.958. The zero-order chi connectivity index (χ0) is 30.9. The predicted molar refractivity (Wildman–Crippen MR) is 161 cm³/mol. The average Bonchev–Trinajstić information content (AvgIpc) is 3.00. The number of hydrogen-bond donors (Lipinski definition) is 3. The van der Waals surface area contributed by atoms with E-state index in [9.17, 15) is 23.4 Å². The fourth-order valence-electron chi connectivity index (χ4n) is 5.83. The van der Waals surface area contributed by atoms with Crippen molar-refractivity contribution >= 4 is 23.1 Å². The first-order chi connectivity index (χ1) is 20.5. The van der Waals surface area contributed by atoms with Crippen LogP contribution in [0.5, 0.6) is 0 Å². The van der Waals surface area contributed by atoms with Crippen LogP contribution in [0, 0.1) is 5.41 Å². The summed E-state index contributed by atoms with van der Waals surface area (Å²) >= 11 is 0. The van der Waals surface area contributed by atoms with Gasteiger partial charge in [-0.2, -0.15) is 13.2 Å². The van der Waals surface area contributed by atoms with Crippen molar-refractivity contribution in [1.29, 1.82) is 5.41 Å². The van der Waals surface area contributed by atoms with Crippen molar-refractivity contribution in [2.45, 2.75) is 38.4 Å². The molecule has 1 aromatic carbocycles. The minimum absolute atomic E-state index is 0.0327. The number of ether oxygens (including phenoxy) is 1. The number of aromatic nitrogens is 1. The molecule has 1 aromatic heterocycles. The summed E-state index contributed by atoms with van der Waals surface area (Å²) in [6, 6.07) is 5.78. The van der Waals surface area contributed by atoms with Gasteiger partial charge in [0.1, 0.15) is 11.5 Å². The van der Waals surface area contributed by atoms with Gasteiger partial charge in [-0.3, -0.25) is 15.2 Å². The number of carbonyl (C=O) groups excluding carboxylic acids is 1. The number of pyridine rings is 1. The number of likely N-dealkylation sites (N-methyl/N-ethyl adjacent to an activating group) is 1. The first-order valence-corrected chi connectivity index (χ1v) is 14.5. The molecule has 12 heteroatoms. The van der Waals surface area contributed by atoms with Crippen molar-refractivity contribution in [3.63, 3.8) is 0 Å². The number of halogens is 3. The molecule has 0 radical (unpaired) electrons. The highest BCUT2D eigenvalue weighted by Gasteiger charge is 2.38. The monoisotopic (exact) mass is 597 g/mol. The van der Waals surface area contributed by atoms with Gasteiger partial charge in [0.25, 0.3) is 5.91 Å². The molecule has 0 aliphatic carbocycles. The molecule has 0 saturated carbocycles. The van der Waals surface area contributed by atoms with E-state index in [1.54, 1.807) is 4.90 Å². The number of rotatable bonds is 6. The molecular weight excluding hydrogens is 559 g/mol. The number of nitrogens with one attached hydrogen (secondary N) is 3. The Labute approximate surface area is 249 Å². The van der Waals surface area contributed by atoms with E-state index in [2.05, 4.69) is 27.1 Å². The molecule has 43 heavy (non-hydrogen) atoms. The predicted octanol–water partition coefficient (Wildman–Crippen LogP) is 4.62. The van der Waals surface area contributed by atoms with E-state index < -0.39 is 17.6 Å². The minimum atomic E-state index is -4.66. The smallest absolute Gasteiger partial charge is 0.385 e. The lowest BCUT2D eigenvalue weighted by Gasteiger charge is -2.41. The largest absolute Gasteiger partial charge is 0.417 e. The van der Waals surface area contributed by atoms with Crippen LogP contribution < -0.4 is 20.4 Å². The Morgan fingerprint density at radius 3 is 2.51 bits per heavy atom. The van der Waals surface area contributed by atoms with Gasteiger partial charge in [0.15, 0.2) is 0 Å². The Morgan fingerprint density at radius 1 is 1.14 bits per heavy atom. The molecule has 2 aromatic rings. The molecule has 1 saturated heterocycles. The summed E-state index contributed by atoms with van der Waals surface area (Å²) in [4.78, 5) is 21.7. The Hall–Kier alpha value is -4.06. The minimum Gasteiger partial charge on any atom is -0.385 e. The summed E-state index contributed by atoms with van der Waals surface area (Å²) in [5, 5.41) is 15.5. The highest BCUT2D eigenvalue weighted by Crippen LogP contribution is 2.45. The molecule has 3 aliphatic rings. The molecule has 5 rings (SSSR count). The summed E-state index contributed by atoms with van der Waals surface area (Å²) < 4.78 is 49.3.